The zero-order valence-corrected chi connectivity index (χ0v) is 18.5. The number of thiazole rings is 1. The van der Waals surface area contributed by atoms with E-state index in [4.69, 9.17) is 0 Å². The molecule has 0 spiro atoms. The van der Waals surface area contributed by atoms with Crippen LogP contribution in [0.3, 0.4) is 0 Å². The van der Waals surface area contributed by atoms with Gasteiger partial charge >= 0.3 is 5.97 Å². The van der Waals surface area contributed by atoms with E-state index in [0.717, 1.165) is 16.1 Å². The molecule has 31 heavy (non-hydrogen) atoms. The first-order valence-corrected chi connectivity index (χ1v) is 10.9. The number of carboxylic acid groups (broad SMARTS) is 1. The molecule has 3 aromatic heterocycles. The van der Waals surface area contributed by atoms with Crippen molar-refractivity contribution in [2.45, 2.75) is 45.6 Å². The molecule has 0 saturated heterocycles. The monoisotopic (exact) mass is 439 g/mol. The van der Waals surface area contributed by atoms with Crippen LogP contribution in [0.15, 0.2) is 36.9 Å². The fourth-order valence-corrected chi connectivity index (χ4v) is 5.33. The Morgan fingerprint density at radius 3 is 2.68 bits per heavy atom. The van der Waals surface area contributed by atoms with Crippen LogP contribution in [0.1, 0.15) is 43.7 Å². The van der Waals surface area contributed by atoms with Crippen molar-refractivity contribution >= 4 is 28.9 Å². The molecule has 1 aliphatic rings. The molecule has 3 N–H and O–H groups in total. The first-order chi connectivity index (χ1) is 14.7. The Hall–Kier alpha value is -2.91. The van der Waals surface area contributed by atoms with E-state index in [1.807, 2.05) is 32.9 Å². The highest BCUT2D eigenvalue weighted by atomic mass is 32.1. The van der Waals surface area contributed by atoms with Gasteiger partial charge in [0.15, 0.2) is 0 Å². The summed E-state index contributed by atoms with van der Waals surface area (Å²) in [5, 5.41) is 24.6. The summed E-state index contributed by atoms with van der Waals surface area (Å²) < 4.78 is 0. The number of carboxylic acids is 1. The molecule has 1 aliphatic carbocycles. The Labute approximate surface area is 184 Å². The van der Waals surface area contributed by atoms with Crippen molar-refractivity contribution in [3.05, 3.63) is 47.5 Å². The molecule has 0 radical (unpaired) electrons. The lowest BCUT2D eigenvalue weighted by molar-refractivity contribution is -0.154. The smallest absolute Gasteiger partial charge is 0.307 e. The number of nitrogens with zero attached hydrogens (tertiary/aromatic N) is 4. The van der Waals surface area contributed by atoms with Crippen LogP contribution in [0.5, 0.6) is 0 Å². The van der Waals surface area contributed by atoms with Crippen molar-refractivity contribution in [2.75, 3.05) is 5.32 Å². The van der Waals surface area contributed by atoms with E-state index in [0.29, 0.717) is 35.9 Å². The van der Waals surface area contributed by atoms with Crippen LogP contribution in [-0.4, -0.2) is 36.1 Å². The van der Waals surface area contributed by atoms with Gasteiger partial charge in [0.2, 0.25) is 0 Å². The summed E-state index contributed by atoms with van der Waals surface area (Å²) in [4.78, 5) is 29.9. The average molecular weight is 440 g/mol. The van der Waals surface area contributed by atoms with Crippen LogP contribution in [0.2, 0.25) is 0 Å². The predicted octanol–water partition coefficient (Wildman–Crippen LogP) is 4.15. The second-order valence-corrected chi connectivity index (χ2v) is 9.82. The number of pyridine rings is 1. The molecule has 0 aromatic carbocycles. The van der Waals surface area contributed by atoms with Crippen LogP contribution < -0.4 is 5.32 Å². The van der Waals surface area contributed by atoms with Gasteiger partial charge in [0.1, 0.15) is 22.2 Å². The first-order valence-electron chi connectivity index (χ1n) is 10.1. The number of rotatable bonds is 5. The van der Waals surface area contributed by atoms with Crippen molar-refractivity contribution < 1.29 is 15.0 Å². The highest BCUT2D eigenvalue weighted by Crippen LogP contribution is 2.50. The maximum atomic E-state index is 11.6. The van der Waals surface area contributed by atoms with Crippen molar-refractivity contribution in [3.63, 3.8) is 0 Å². The SMILES string of the molecule is Cc1cc(Nc2cnccn2)nc(-c2cnc([C@@]3(O)CC[C@@H](C(=O)O)C(C)(C)C3)s2)c1. The van der Waals surface area contributed by atoms with Crippen LogP contribution in [-0.2, 0) is 10.4 Å². The molecule has 0 bridgehead atoms. The minimum atomic E-state index is -1.14. The summed E-state index contributed by atoms with van der Waals surface area (Å²) >= 11 is 1.40. The second kappa shape index (κ2) is 7.97. The van der Waals surface area contributed by atoms with Gasteiger partial charge in [-0.1, -0.05) is 13.8 Å². The van der Waals surface area contributed by atoms with Gasteiger partial charge in [0, 0.05) is 18.6 Å². The Bertz CT molecular complexity index is 1100. The van der Waals surface area contributed by atoms with E-state index >= 15 is 0 Å². The van der Waals surface area contributed by atoms with Crippen LogP contribution in [0.4, 0.5) is 11.6 Å². The third kappa shape index (κ3) is 4.42. The number of aliphatic carboxylic acids is 1. The zero-order chi connectivity index (χ0) is 22.2. The highest BCUT2D eigenvalue weighted by Gasteiger charge is 2.49. The molecule has 9 heteroatoms. The lowest BCUT2D eigenvalue weighted by Crippen LogP contribution is -2.44. The standard InChI is InChI=1S/C22H25N5O3S/c1-13-8-15(26-17(9-13)27-18-11-23-6-7-24-18)16-10-25-20(31-16)22(30)5-4-14(19(28)29)21(2,3)12-22/h6-11,14,30H,4-5,12H2,1-3H3,(H,28,29)(H,24,26,27)/t14-,22+/m0/s1. The molecule has 0 unspecified atom stereocenters. The fourth-order valence-electron chi connectivity index (χ4n) is 4.34. The molecule has 0 aliphatic heterocycles. The van der Waals surface area contributed by atoms with Gasteiger partial charge in [-0.25, -0.2) is 15.0 Å². The second-order valence-electron chi connectivity index (χ2n) is 8.79. The number of aliphatic hydroxyl groups is 1. The molecule has 1 saturated carbocycles. The largest absolute Gasteiger partial charge is 0.481 e. The third-order valence-electron chi connectivity index (χ3n) is 5.78. The lowest BCUT2D eigenvalue weighted by Gasteiger charge is -2.44. The van der Waals surface area contributed by atoms with Crippen LogP contribution >= 0.6 is 11.3 Å². The van der Waals surface area contributed by atoms with Gasteiger partial charge in [-0.15, -0.1) is 11.3 Å². The maximum Gasteiger partial charge on any atom is 0.307 e. The number of hydrogen-bond donors (Lipinski definition) is 3. The maximum absolute atomic E-state index is 11.6. The number of carbonyl (C=O) groups is 1. The Morgan fingerprint density at radius 2 is 2.00 bits per heavy atom. The molecule has 2 atom stereocenters. The molecule has 3 aromatic rings. The summed E-state index contributed by atoms with van der Waals surface area (Å²) in [6.07, 6.45) is 7.71. The predicted molar refractivity (Wildman–Crippen MR) is 118 cm³/mol. The minimum Gasteiger partial charge on any atom is -0.481 e. The van der Waals surface area contributed by atoms with E-state index in [2.05, 4.69) is 25.3 Å². The summed E-state index contributed by atoms with van der Waals surface area (Å²) in [7, 11) is 0. The van der Waals surface area contributed by atoms with E-state index in [9.17, 15) is 15.0 Å². The fraction of sp³-hybridized carbons (Fsp3) is 0.409. The van der Waals surface area contributed by atoms with E-state index < -0.39 is 22.9 Å². The number of aromatic nitrogens is 4. The third-order valence-corrected chi connectivity index (χ3v) is 6.99. The molecule has 1 fully saturated rings. The van der Waals surface area contributed by atoms with Gasteiger partial charge in [0.05, 0.1) is 22.7 Å². The first kappa shape index (κ1) is 21.3. The van der Waals surface area contributed by atoms with E-state index in [1.165, 1.54) is 11.3 Å². The number of hydrogen-bond acceptors (Lipinski definition) is 8. The summed E-state index contributed by atoms with van der Waals surface area (Å²) in [5.41, 5.74) is 0.105. The van der Waals surface area contributed by atoms with Gasteiger partial charge in [-0.3, -0.25) is 9.78 Å². The van der Waals surface area contributed by atoms with Crippen LogP contribution in [0, 0.1) is 18.3 Å². The summed E-state index contributed by atoms with van der Waals surface area (Å²) in [5.74, 6) is -0.0325. The van der Waals surface area contributed by atoms with Gasteiger partial charge < -0.3 is 15.5 Å². The zero-order valence-electron chi connectivity index (χ0n) is 17.7. The number of aryl methyl sites for hydroxylation is 1. The summed E-state index contributed by atoms with van der Waals surface area (Å²) in [6.45, 7) is 5.78. The molecule has 162 valence electrons. The summed E-state index contributed by atoms with van der Waals surface area (Å²) in [6, 6.07) is 3.89. The normalized spacial score (nSPS) is 22.8. The van der Waals surface area contributed by atoms with Crippen molar-refractivity contribution in [1.82, 2.24) is 19.9 Å². The Balaban J connectivity index is 1.60. The van der Waals surface area contributed by atoms with Crippen molar-refractivity contribution in [1.29, 1.82) is 0 Å². The Morgan fingerprint density at radius 1 is 1.19 bits per heavy atom. The van der Waals surface area contributed by atoms with E-state index in [1.54, 1.807) is 24.8 Å². The molecule has 3 heterocycles. The topological polar surface area (TPSA) is 121 Å². The molecule has 0 amide bonds. The highest BCUT2D eigenvalue weighted by molar-refractivity contribution is 7.15. The minimum absolute atomic E-state index is 0.352. The van der Waals surface area contributed by atoms with Crippen molar-refractivity contribution in [3.8, 4) is 10.6 Å². The number of anilines is 2. The van der Waals surface area contributed by atoms with Gasteiger partial charge in [0.25, 0.3) is 0 Å². The molecular weight excluding hydrogens is 414 g/mol. The molecule has 4 rings (SSSR count). The Kier molecular flexibility index (Phi) is 5.49. The van der Waals surface area contributed by atoms with Crippen LogP contribution in [0.25, 0.3) is 10.6 Å². The average Bonchev–Trinajstić information content (AvgIpc) is 3.18. The molecule has 8 nitrogen and oxygen atoms in total. The van der Waals surface area contributed by atoms with Crippen molar-refractivity contribution in [2.24, 2.45) is 11.3 Å². The van der Waals surface area contributed by atoms with Gasteiger partial charge in [-0.05, 0) is 49.3 Å². The number of nitrogens with one attached hydrogen (secondary N) is 1. The van der Waals surface area contributed by atoms with E-state index in [-0.39, 0.29) is 0 Å². The van der Waals surface area contributed by atoms with Gasteiger partial charge in [-0.2, -0.15) is 0 Å². The lowest BCUT2D eigenvalue weighted by atomic mass is 9.63. The quantitative estimate of drug-likeness (QED) is 0.542. The molecular formula is C22H25N5O3S.